The normalized spacial score (nSPS) is 23.3. The lowest BCUT2D eigenvalue weighted by molar-refractivity contribution is -0.266. The Morgan fingerprint density at radius 2 is 1.96 bits per heavy atom. The first-order valence-electron chi connectivity index (χ1n) is 9.04. The van der Waals surface area contributed by atoms with Crippen molar-refractivity contribution in [1.29, 1.82) is 5.26 Å². The van der Waals surface area contributed by atoms with Gasteiger partial charge in [0.15, 0.2) is 5.60 Å². The molecule has 1 aromatic carbocycles. The highest BCUT2D eigenvalue weighted by atomic mass is 35.5. The molecule has 150 valence electrons. The van der Waals surface area contributed by atoms with Gasteiger partial charge in [0.05, 0.1) is 11.6 Å². The molecule has 3 rings (SSSR count). The Balaban J connectivity index is 1.92. The van der Waals surface area contributed by atoms with Gasteiger partial charge in [-0.15, -0.1) is 0 Å². The van der Waals surface area contributed by atoms with E-state index in [2.05, 4.69) is 0 Å². The van der Waals surface area contributed by atoms with E-state index in [4.69, 9.17) is 16.9 Å². The second-order valence-corrected chi connectivity index (χ2v) is 8.33. The molecule has 1 saturated carbocycles. The van der Waals surface area contributed by atoms with Crippen LogP contribution in [0, 0.1) is 22.7 Å². The summed E-state index contributed by atoms with van der Waals surface area (Å²) in [4.78, 5) is 0. The largest absolute Gasteiger partial charge is 0.417 e. The number of nitriles is 1. The van der Waals surface area contributed by atoms with Crippen LogP contribution in [-0.4, -0.2) is 16.9 Å². The summed E-state index contributed by atoms with van der Waals surface area (Å²) in [5.74, 6) is -0.494. The minimum absolute atomic E-state index is 0.0156. The molecule has 0 radical (unpaired) electrons. The molecule has 0 amide bonds. The van der Waals surface area contributed by atoms with Crippen molar-refractivity contribution in [2.45, 2.75) is 50.8 Å². The molecule has 0 aromatic heterocycles. The zero-order valence-corrected chi connectivity index (χ0v) is 16.0. The topological polar surface area (TPSA) is 44.0 Å². The van der Waals surface area contributed by atoms with Gasteiger partial charge in [-0.1, -0.05) is 36.2 Å². The van der Waals surface area contributed by atoms with Gasteiger partial charge >= 0.3 is 6.18 Å². The number of alkyl halides is 3. The van der Waals surface area contributed by atoms with E-state index in [9.17, 15) is 22.7 Å². The van der Waals surface area contributed by atoms with Crippen molar-refractivity contribution in [3.63, 3.8) is 0 Å². The quantitative estimate of drug-likeness (QED) is 0.598. The lowest BCUT2D eigenvalue weighted by Gasteiger charge is -2.37. The molecule has 0 heterocycles. The fourth-order valence-electron chi connectivity index (χ4n) is 4.13. The van der Waals surface area contributed by atoms with E-state index in [0.717, 1.165) is 5.57 Å². The first kappa shape index (κ1) is 20.9. The summed E-state index contributed by atoms with van der Waals surface area (Å²) in [6, 6.07) is 5.89. The second kappa shape index (κ2) is 7.20. The fraction of sp³-hybridized carbons (Fsp3) is 0.476. The van der Waals surface area contributed by atoms with Crippen LogP contribution in [0.2, 0.25) is 5.02 Å². The van der Waals surface area contributed by atoms with E-state index in [1.807, 2.05) is 6.07 Å². The van der Waals surface area contributed by atoms with Crippen LogP contribution in [0.4, 0.5) is 17.6 Å². The summed E-state index contributed by atoms with van der Waals surface area (Å²) in [7, 11) is 0. The molecule has 2 nitrogen and oxygen atoms in total. The zero-order valence-electron chi connectivity index (χ0n) is 15.3. The van der Waals surface area contributed by atoms with E-state index in [1.165, 1.54) is 24.3 Å². The molecule has 2 aliphatic rings. The van der Waals surface area contributed by atoms with Gasteiger partial charge in [0.25, 0.3) is 0 Å². The minimum Gasteiger partial charge on any atom is -0.380 e. The summed E-state index contributed by atoms with van der Waals surface area (Å²) >= 11 is 6.05. The molecule has 0 spiro atoms. The maximum absolute atomic E-state index is 13.9. The summed E-state index contributed by atoms with van der Waals surface area (Å²) in [6.45, 7) is 1.79. The molecule has 0 bridgehead atoms. The molecule has 2 aliphatic carbocycles. The minimum atomic E-state index is -4.86. The van der Waals surface area contributed by atoms with Crippen molar-refractivity contribution < 1.29 is 22.7 Å². The molecule has 0 saturated heterocycles. The molecule has 0 aliphatic heterocycles. The SMILES string of the molecule is CC1CC(F)=CC=C1C1(CC(O)(Cc2ccc(C#N)cc2Cl)C(F)(F)F)CC1. The molecule has 1 fully saturated rings. The Morgan fingerprint density at radius 3 is 2.46 bits per heavy atom. The highest BCUT2D eigenvalue weighted by molar-refractivity contribution is 6.31. The number of aliphatic hydroxyl groups is 1. The molecular weight excluding hydrogens is 394 g/mol. The van der Waals surface area contributed by atoms with Crippen molar-refractivity contribution in [3.8, 4) is 6.07 Å². The molecule has 7 heteroatoms. The number of hydrogen-bond acceptors (Lipinski definition) is 2. The molecule has 2 atom stereocenters. The van der Waals surface area contributed by atoms with Gasteiger partial charge in [0, 0.05) is 17.9 Å². The van der Waals surface area contributed by atoms with Crippen LogP contribution in [0.15, 0.2) is 41.8 Å². The summed E-state index contributed by atoms with van der Waals surface area (Å²) in [5, 5.41) is 19.6. The van der Waals surface area contributed by atoms with Crippen LogP contribution in [0.1, 0.15) is 43.7 Å². The zero-order chi connectivity index (χ0) is 20.7. The van der Waals surface area contributed by atoms with Gasteiger partial charge in [0.2, 0.25) is 0 Å². The maximum Gasteiger partial charge on any atom is 0.417 e. The van der Waals surface area contributed by atoms with Crippen molar-refractivity contribution in [3.05, 3.63) is 57.9 Å². The van der Waals surface area contributed by atoms with Gasteiger partial charge in [-0.2, -0.15) is 18.4 Å². The highest BCUT2D eigenvalue weighted by Crippen LogP contribution is 2.62. The number of allylic oxidation sites excluding steroid dienone is 4. The molecule has 2 unspecified atom stereocenters. The van der Waals surface area contributed by atoms with Gasteiger partial charge in [0.1, 0.15) is 5.83 Å². The van der Waals surface area contributed by atoms with Crippen LogP contribution in [0.25, 0.3) is 0 Å². The second-order valence-electron chi connectivity index (χ2n) is 7.92. The van der Waals surface area contributed by atoms with Crippen LogP contribution >= 0.6 is 11.6 Å². The van der Waals surface area contributed by atoms with Gasteiger partial charge < -0.3 is 5.11 Å². The van der Waals surface area contributed by atoms with Gasteiger partial charge in [-0.3, -0.25) is 0 Å². The lowest BCUT2D eigenvalue weighted by Crippen LogP contribution is -2.49. The van der Waals surface area contributed by atoms with E-state index in [0.29, 0.717) is 12.8 Å². The van der Waals surface area contributed by atoms with Crippen LogP contribution in [-0.2, 0) is 6.42 Å². The molecular formula is C21H20ClF4NO. The summed E-state index contributed by atoms with van der Waals surface area (Å²) in [5.41, 5.74) is -2.62. The average molecular weight is 414 g/mol. The Bertz CT molecular complexity index is 879. The third-order valence-corrected chi connectivity index (χ3v) is 6.12. The van der Waals surface area contributed by atoms with Crippen LogP contribution < -0.4 is 0 Å². The molecule has 28 heavy (non-hydrogen) atoms. The predicted molar refractivity (Wildman–Crippen MR) is 98.2 cm³/mol. The monoisotopic (exact) mass is 413 g/mol. The Labute approximate surface area is 166 Å². The van der Waals surface area contributed by atoms with Gasteiger partial charge in [-0.05, 0) is 54.4 Å². The number of benzene rings is 1. The molecule has 1 aromatic rings. The summed E-state index contributed by atoms with van der Waals surface area (Å²) in [6.07, 6.45) is -1.96. The third-order valence-electron chi connectivity index (χ3n) is 5.77. The van der Waals surface area contributed by atoms with E-state index in [-0.39, 0.29) is 34.3 Å². The van der Waals surface area contributed by atoms with Crippen LogP contribution in [0.5, 0.6) is 0 Å². The van der Waals surface area contributed by atoms with Crippen molar-refractivity contribution >= 4 is 11.6 Å². The standard InChI is InChI=1S/C21H20ClF4NO/c1-13-8-16(23)4-5-17(13)19(6-7-19)12-20(28,21(24,25)26)10-15-3-2-14(11-27)9-18(15)22/h2-5,9,13,28H,6-8,10,12H2,1H3. The Hall–Kier alpha value is -1.84. The predicted octanol–water partition coefficient (Wildman–Crippen LogP) is 6.04. The van der Waals surface area contributed by atoms with E-state index in [1.54, 1.807) is 13.0 Å². The Morgan fingerprint density at radius 1 is 1.29 bits per heavy atom. The van der Waals surface area contributed by atoms with E-state index < -0.39 is 30.0 Å². The van der Waals surface area contributed by atoms with E-state index >= 15 is 0 Å². The van der Waals surface area contributed by atoms with Crippen molar-refractivity contribution in [2.24, 2.45) is 11.3 Å². The summed E-state index contributed by atoms with van der Waals surface area (Å²) < 4.78 is 55.2. The van der Waals surface area contributed by atoms with Gasteiger partial charge in [-0.25, -0.2) is 4.39 Å². The average Bonchev–Trinajstić information content (AvgIpc) is 3.35. The third kappa shape index (κ3) is 3.97. The number of rotatable bonds is 5. The maximum atomic E-state index is 13.9. The smallest absolute Gasteiger partial charge is 0.380 e. The number of nitrogens with zero attached hydrogens (tertiary/aromatic N) is 1. The van der Waals surface area contributed by atoms with Crippen molar-refractivity contribution in [2.75, 3.05) is 0 Å². The molecule has 1 N–H and O–H groups in total. The first-order valence-corrected chi connectivity index (χ1v) is 9.42. The lowest BCUT2D eigenvalue weighted by atomic mass is 9.74. The number of hydrogen-bond donors (Lipinski definition) is 1. The number of halogens is 5. The van der Waals surface area contributed by atoms with Crippen molar-refractivity contribution in [1.82, 2.24) is 0 Å². The Kier molecular flexibility index (Phi) is 5.37. The highest BCUT2D eigenvalue weighted by Gasteiger charge is 2.61. The first-order chi connectivity index (χ1) is 13.0. The fourth-order valence-corrected chi connectivity index (χ4v) is 4.38. The van der Waals surface area contributed by atoms with Crippen LogP contribution in [0.3, 0.4) is 0 Å².